The number of halogens is 1. The monoisotopic (exact) mass is 298 g/mol. The molecule has 0 aliphatic rings. The van der Waals surface area contributed by atoms with E-state index in [9.17, 15) is 9.18 Å². The Morgan fingerprint density at radius 3 is 2.90 bits per heavy atom. The molecule has 2 N–H and O–H groups in total. The molecule has 21 heavy (non-hydrogen) atoms. The summed E-state index contributed by atoms with van der Waals surface area (Å²) in [6.07, 6.45) is 0.901. The number of hydrogen-bond acceptors (Lipinski definition) is 4. The lowest BCUT2D eigenvalue weighted by atomic mass is 10.1. The van der Waals surface area contributed by atoms with E-state index in [2.05, 4.69) is 5.32 Å². The number of benzene rings is 1. The van der Waals surface area contributed by atoms with E-state index in [-0.39, 0.29) is 18.8 Å². The first-order valence-corrected chi connectivity index (χ1v) is 6.95. The molecule has 0 aromatic heterocycles. The number of carboxylic acid groups (broad SMARTS) is 1. The number of carboxylic acids is 1. The van der Waals surface area contributed by atoms with Crippen molar-refractivity contribution >= 4 is 11.7 Å². The molecule has 5 nitrogen and oxygen atoms in total. The third kappa shape index (κ3) is 6.55. The summed E-state index contributed by atoms with van der Waals surface area (Å²) in [5.74, 6) is -1.23. The molecule has 0 saturated carbocycles. The molecule has 0 amide bonds. The smallest absolute Gasteiger partial charge is 0.305 e. The second kappa shape index (κ2) is 9.31. The minimum Gasteiger partial charge on any atom is -0.481 e. The lowest BCUT2D eigenvalue weighted by Gasteiger charge is -2.20. The summed E-state index contributed by atoms with van der Waals surface area (Å²) in [4.78, 5) is 12.2. The predicted octanol–water partition coefficient (Wildman–Crippen LogP) is 1.86. The van der Waals surface area contributed by atoms with Gasteiger partial charge in [0, 0.05) is 33.9 Å². The van der Waals surface area contributed by atoms with E-state index in [0.717, 1.165) is 18.5 Å². The molecule has 0 atom stereocenters. The van der Waals surface area contributed by atoms with Gasteiger partial charge in [0.2, 0.25) is 0 Å². The van der Waals surface area contributed by atoms with E-state index in [4.69, 9.17) is 9.84 Å². The summed E-state index contributed by atoms with van der Waals surface area (Å²) < 4.78 is 18.8. The maximum absolute atomic E-state index is 13.8. The van der Waals surface area contributed by atoms with Crippen LogP contribution in [0.2, 0.25) is 0 Å². The van der Waals surface area contributed by atoms with Gasteiger partial charge in [-0.05, 0) is 30.7 Å². The van der Waals surface area contributed by atoms with Gasteiger partial charge in [0.1, 0.15) is 5.82 Å². The molecule has 1 aromatic carbocycles. The Morgan fingerprint density at radius 1 is 1.48 bits per heavy atom. The van der Waals surface area contributed by atoms with Crippen molar-refractivity contribution in [1.29, 1.82) is 0 Å². The van der Waals surface area contributed by atoms with Gasteiger partial charge in [0.05, 0.1) is 12.1 Å². The molecule has 0 bridgehead atoms. The Labute approximate surface area is 124 Å². The Kier molecular flexibility index (Phi) is 7.71. The molecule has 0 radical (unpaired) electrons. The van der Waals surface area contributed by atoms with Crippen LogP contribution in [0.25, 0.3) is 0 Å². The summed E-state index contributed by atoms with van der Waals surface area (Å²) in [5, 5.41) is 11.9. The second-order valence-electron chi connectivity index (χ2n) is 4.87. The number of nitrogens with one attached hydrogen (secondary N) is 1. The van der Waals surface area contributed by atoms with Crippen molar-refractivity contribution in [3.8, 4) is 0 Å². The van der Waals surface area contributed by atoms with Crippen LogP contribution in [0.3, 0.4) is 0 Å². The van der Waals surface area contributed by atoms with Gasteiger partial charge < -0.3 is 20.1 Å². The van der Waals surface area contributed by atoms with Gasteiger partial charge in [-0.15, -0.1) is 0 Å². The highest BCUT2D eigenvalue weighted by molar-refractivity contribution is 5.67. The quantitative estimate of drug-likeness (QED) is 0.646. The molecule has 0 fully saturated rings. The average Bonchev–Trinajstić information content (AvgIpc) is 2.46. The fourth-order valence-corrected chi connectivity index (χ4v) is 1.92. The lowest BCUT2D eigenvalue weighted by molar-refractivity contribution is -0.136. The molecule has 6 heteroatoms. The predicted molar refractivity (Wildman–Crippen MR) is 80.1 cm³/mol. The standard InChI is InChI=1S/C15H23FN2O3/c1-18(8-6-15(19)20)14-10-12(4-5-13(14)16)11-17-7-3-9-21-2/h4-5,10,17H,3,6-9,11H2,1-2H3,(H,19,20). The molecule has 0 heterocycles. The Hall–Kier alpha value is -1.66. The van der Waals surface area contributed by atoms with Crippen molar-refractivity contribution in [2.75, 3.05) is 38.8 Å². The second-order valence-corrected chi connectivity index (χ2v) is 4.87. The molecule has 0 spiro atoms. The summed E-state index contributed by atoms with van der Waals surface area (Å²) in [6.45, 7) is 2.45. The minimum atomic E-state index is -0.891. The molecule has 0 aliphatic heterocycles. The van der Waals surface area contributed by atoms with Gasteiger partial charge in [-0.25, -0.2) is 4.39 Å². The number of hydrogen-bond donors (Lipinski definition) is 2. The van der Waals surface area contributed by atoms with Crippen LogP contribution in [-0.2, 0) is 16.1 Å². The van der Waals surface area contributed by atoms with Gasteiger partial charge in [0.25, 0.3) is 0 Å². The van der Waals surface area contributed by atoms with E-state index >= 15 is 0 Å². The van der Waals surface area contributed by atoms with Crippen LogP contribution in [0, 0.1) is 5.82 Å². The number of aliphatic carboxylic acids is 1. The number of ether oxygens (including phenoxy) is 1. The summed E-state index contributed by atoms with van der Waals surface area (Å²) in [5.41, 5.74) is 1.39. The topological polar surface area (TPSA) is 61.8 Å². The number of anilines is 1. The summed E-state index contributed by atoms with van der Waals surface area (Å²) >= 11 is 0. The number of rotatable bonds is 10. The van der Waals surface area contributed by atoms with Crippen molar-refractivity contribution in [3.63, 3.8) is 0 Å². The molecular formula is C15H23FN2O3. The first-order chi connectivity index (χ1) is 10.0. The van der Waals surface area contributed by atoms with Crippen LogP contribution in [0.4, 0.5) is 10.1 Å². The van der Waals surface area contributed by atoms with E-state index in [0.29, 0.717) is 18.8 Å². The highest BCUT2D eigenvalue weighted by Crippen LogP contribution is 2.20. The first-order valence-electron chi connectivity index (χ1n) is 6.95. The molecule has 1 rings (SSSR count). The zero-order valence-electron chi connectivity index (χ0n) is 12.6. The third-order valence-electron chi connectivity index (χ3n) is 3.11. The number of nitrogens with zero attached hydrogens (tertiary/aromatic N) is 1. The van der Waals surface area contributed by atoms with E-state index in [1.807, 2.05) is 0 Å². The van der Waals surface area contributed by atoms with Crippen molar-refractivity contribution < 1.29 is 19.0 Å². The van der Waals surface area contributed by atoms with Crippen LogP contribution < -0.4 is 10.2 Å². The zero-order chi connectivity index (χ0) is 15.7. The van der Waals surface area contributed by atoms with Gasteiger partial charge in [0.15, 0.2) is 0 Å². The maximum atomic E-state index is 13.8. The normalized spacial score (nSPS) is 10.6. The Bertz CT molecular complexity index is 455. The third-order valence-corrected chi connectivity index (χ3v) is 3.11. The summed E-state index contributed by atoms with van der Waals surface area (Å²) in [6, 6.07) is 4.90. The van der Waals surface area contributed by atoms with Crippen LogP contribution >= 0.6 is 0 Å². The van der Waals surface area contributed by atoms with Gasteiger partial charge in [-0.1, -0.05) is 6.07 Å². The highest BCUT2D eigenvalue weighted by Gasteiger charge is 2.10. The minimum absolute atomic E-state index is 0.0184. The number of methoxy groups -OCH3 is 1. The van der Waals surface area contributed by atoms with Crippen molar-refractivity contribution in [2.45, 2.75) is 19.4 Å². The lowest BCUT2D eigenvalue weighted by Crippen LogP contribution is -2.22. The van der Waals surface area contributed by atoms with Crippen LogP contribution in [0.5, 0.6) is 0 Å². The van der Waals surface area contributed by atoms with Crippen LogP contribution in [0.15, 0.2) is 18.2 Å². The summed E-state index contributed by atoms with van der Waals surface area (Å²) in [7, 11) is 3.36. The molecule has 0 unspecified atom stereocenters. The molecule has 0 saturated heterocycles. The maximum Gasteiger partial charge on any atom is 0.305 e. The van der Waals surface area contributed by atoms with Crippen LogP contribution in [0.1, 0.15) is 18.4 Å². The molecular weight excluding hydrogens is 275 g/mol. The van der Waals surface area contributed by atoms with E-state index < -0.39 is 5.97 Å². The largest absolute Gasteiger partial charge is 0.481 e. The SMILES string of the molecule is COCCCNCc1ccc(F)c(N(C)CCC(=O)O)c1. The highest BCUT2D eigenvalue weighted by atomic mass is 19.1. The van der Waals surface area contributed by atoms with Crippen molar-refractivity contribution in [3.05, 3.63) is 29.6 Å². The fourth-order valence-electron chi connectivity index (χ4n) is 1.92. The zero-order valence-corrected chi connectivity index (χ0v) is 12.6. The van der Waals surface area contributed by atoms with Gasteiger partial charge in [-0.2, -0.15) is 0 Å². The number of carbonyl (C=O) groups is 1. The van der Waals surface area contributed by atoms with Crippen molar-refractivity contribution in [2.24, 2.45) is 0 Å². The fraction of sp³-hybridized carbons (Fsp3) is 0.533. The molecule has 0 aliphatic carbocycles. The molecule has 1 aromatic rings. The van der Waals surface area contributed by atoms with Gasteiger partial charge >= 0.3 is 5.97 Å². The average molecular weight is 298 g/mol. The first kappa shape index (κ1) is 17.4. The van der Waals surface area contributed by atoms with Crippen molar-refractivity contribution in [1.82, 2.24) is 5.32 Å². The van der Waals surface area contributed by atoms with Gasteiger partial charge in [-0.3, -0.25) is 4.79 Å². The van der Waals surface area contributed by atoms with Crippen LogP contribution in [-0.4, -0.2) is 44.9 Å². The Morgan fingerprint density at radius 2 is 2.24 bits per heavy atom. The van der Waals surface area contributed by atoms with E-state index in [1.165, 1.54) is 6.07 Å². The Balaban J connectivity index is 2.55. The van der Waals surface area contributed by atoms with E-state index in [1.54, 1.807) is 31.2 Å². The molecule has 118 valence electrons.